The van der Waals surface area contributed by atoms with Crippen molar-refractivity contribution in [3.63, 3.8) is 0 Å². The highest BCUT2D eigenvalue weighted by molar-refractivity contribution is 8.02. The number of allylic oxidation sites excluding steroid dienone is 1. The van der Waals surface area contributed by atoms with Crippen molar-refractivity contribution in [3.8, 4) is 0 Å². The molecular formula is C17H20OS. The maximum Gasteiger partial charge on any atom is 0.143 e. The topological polar surface area (TPSA) is 17.1 Å². The predicted molar refractivity (Wildman–Crippen MR) is 80.0 cm³/mol. The molecule has 0 aliphatic heterocycles. The Bertz CT molecular complexity index is 517. The molecule has 2 heteroatoms. The van der Waals surface area contributed by atoms with E-state index in [1.807, 2.05) is 18.2 Å². The maximum absolute atomic E-state index is 12.4. The van der Waals surface area contributed by atoms with Crippen molar-refractivity contribution in [2.75, 3.05) is 0 Å². The number of carbonyl (C=O) groups excluding carboxylic acids is 1. The summed E-state index contributed by atoms with van der Waals surface area (Å²) in [6.07, 6.45) is 5.22. The average molecular weight is 272 g/mol. The summed E-state index contributed by atoms with van der Waals surface area (Å²) < 4.78 is 0. The third-order valence-electron chi connectivity index (χ3n) is 5.29. The van der Waals surface area contributed by atoms with E-state index < -0.39 is 0 Å². The zero-order valence-electron chi connectivity index (χ0n) is 11.6. The van der Waals surface area contributed by atoms with Gasteiger partial charge < -0.3 is 0 Å². The van der Waals surface area contributed by atoms with Gasteiger partial charge in [-0.1, -0.05) is 49.9 Å². The van der Waals surface area contributed by atoms with Gasteiger partial charge in [0.2, 0.25) is 0 Å². The minimum absolute atomic E-state index is 0.137. The van der Waals surface area contributed by atoms with E-state index in [-0.39, 0.29) is 10.8 Å². The lowest BCUT2D eigenvalue weighted by Crippen LogP contribution is -2.33. The summed E-state index contributed by atoms with van der Waals surface area (Å²) in [4.78, 5) is 13.6. The molecule has 0 saturated heterocycles. The second-order valence-electron chi connectivity index (χ2n) is 6.29. The van der Waals surface area contributed by atoms with E-state index in [2.05, 4.69) is 37.5 Å². The number of thioether (sulfide) groups is 1. The quantitative estimate of drug-likeness (QED) is 0.743. The number of ketones is 1. The van der Waals surface area contributed by atoms with E-state index in [9.17, 15) is 4.79 Å². The fourth-order valence-corrected chi connectivity index (χ4v) is 4.60. The standard InChI is InChI=1S/C17H20OS/c1-16(2)13-8-9-17(16,15(18)12-13)10-11-19-14-6-4-3-5-7-14/h3-7,10-11,13H,8-9,12H2,1-2H3/b11-10+. The average Bonchev–Trinajstić information content (AvgIpc) is 2.74. The van der Waals surface area contributed by atoms with Gasteiger partial charge in [0.1, 0.15) is 5.78 Å². The van der Waals surface area contributed by atoms with Crippen LogP contribution in [0.2, 0.25) is 0 Å². The molecule has 0 heterocycles. The Balaban J connectivity index is 1.80. The van der Waals surface area contributed by atoms with Gasteiger partial charge in [-0.25, -0.2) is 0 Å². The normalized spacial score (nSPS) is 32.3. The van der Waals surface area contributed by atoms with Crippen LogP contribution in [0.15, 0.2) is 46.7 Å². The first-order valence-electron chi connectivity index (χ1n) is 6.99. The Hall–Kier alpha value is -1.02. The van der Waals surface area contributed by atoms with E-state index >= 15 is 0 Å². The molecule has 3 rings (SSSR count). The molecule has 0 aromatic heterocycles. The molecule has 2 atom stereocenters. The minimum atomic E-state index is -0.195. The van der Waals surface area contributed by atoms with Gasteiger partial charge in [0.15, 0.2) is 0 Å². The SMILES string of the molecule is CC1(C)C2CCC1(/C=C/Sc1ccccc1)C(=O)C2. The van der Waals surface area contributed by atoms with E-state index in [1.54, 1.807) is 11.8 Å². The third-order valence-corrected chi connectivity index (χ3v) is 6.10. The molecule has 2 aliphatic carbocycles. The number of carbonyl (C=O) groups is 1. The summed E-state index contributed by atoms with van der Waals surface area (Å²) in [5.41, 5.74) is -0.0583. The Morgan fingerprint density at radius 3 is 2.58 bits per heavy atom. The predicted octanol–water partition coefficient (Wildman–Crippen LogP) is 4.69. The van der Waals surface area contributed by atoms with Crippen LogP contribution in [0.4, 0.5) is 0 Å². The number of Topliss-reactive ketones (excluding diaryl/α,β-unsaturated/α-hetero) is 1. The van der Waals surface area contributed by atoms with Gasteiger partial charge in [-0.05, 0) is 41.7 Å². The number of benzene rings is 1. The fourth-order valence-electron chi connectivity index (χ4n) is 3.83. The molecule has 0 radical (unpaired) electrons. The lowest BCUT2D eigenvalue weighted by molar-refractivity contribution is -0.126. The van der Waals surface area contributed by atoms with Crippen LogP contribution in [0.1, 0.15) is 33.1 Å². The highest BCUT2D eigenvalue weighted by Crippen LogP contribution is 2.64. The molecule has 0 N–H and O–H groups in total. The molecule has 0 spiro atoms. The van der Waals surface area contributed by atoms with Crippen molar-refractivity contribution < 1.29 is 4.79 Å². The van der Waals surface area contributed by atoms with E-state index in [1.165, 1.54) is 11.3 Å². The summed E-state index contributed by atoms with van der Waals surface area (Å²) >= 11 is 1.71. The summed E-state index contributed by atoms with van der Waals surface area (Å²) in [5, 5.41) is 2.13. The van der Waals surface area contributed by atoms with Crippen LogP contribution in [-0.4, -0.2) is 5.78 Å². The maximum atomic E-state index is 12.4. The highest BCUT2D eigenvalue weighted by Gasteiger charge is 2.62. The van der Waals surface area contributed by atoms with E-state index in [0.717, 1.165) is 12.8 Å². The van der Waals surface area contributed by atoms with Crippen LogP contribution < -0.4 is 0 Å². The zero-order chi connectivity index (χ0) is 13.5. The first-order valence-corrected chi connectivity index (χ1v) is 7.87. The van der Waals surface area contributed by atoms with Crippen molar-refractivity contribution in [2.24, 2.45) is 16.7 Å². The Labute approximate surface area is 119 Å². The molecule has 100 valence electrons. The van der Waals surface area contributed by atoms with Gasteiger partial charge in [-0.15, -0.1) is 0 Å². The molecule has 2 saturated carbocycles. The molecule has 19 heavy (non-hydrogen) atoms. The summed E-state index contributed by atoms with van der Waals surface area (Å²) in [7, 11) is 0. The highest BCUT2D eigenvalue weighted by atomic mass is 32.2. The van der Waals surface area contributed by atoms with Gasteiger partial charge in [-0.2, -0.15) is 0 Å². The van der Waals surface area contributed by atoms with Crippen LogP contribution in [0.25, 0.3) is 0 Å². The van der Waals surface area contributed by atoms with Crippen molar-refractivity contribution >= 4 is 17.5 Å². The van der Waals surface area contributed by atoms with Crippen LogP contribution in [-0.2, 0) is 4.79 Å². The largest absolute Gasteiger partial charge is 0.299 e. The van der Waals surface area contributed by atoms with E-state index in [0.29, 0.717) is 11.7 Å². The molecule has 1 aromatic rings. The Kier molecular flexibility index (Phi) is 3.09. The van der Waals surface area contributed by atoms with Crippen LogP contribution in [0, 0.1) is 16.7 Å². The van der Waals surface area contributed by atoms with Gasteiger partial charge in [0.05, 0.1) is 5.41 Å². The molecule has 1 aromatic carbocycles. The summed E-state index contributed by atoms with van der Waals surface area (Å²) in [5.74, 6) is 1.05. The lowest BCUT2D eigenvalue weighted by atomic mass is 9.69. The number of rotatable bonds is 3. The van der Waals surface area contributed by atoms with E-state index in [4.69, 9.17) is 0 Å². The minimum Gasteiger partial charge on any atom is -0.299 e. The van der Waals surface area contributed by atoms with Crippen molar-refractivity contribution in [1.82, 2.24) is 0 Å². The summed E-state index contributed by atoms with van der Waals surface area (Å²) in [6, 6.07) is 10.3. The van der Waals surface area contributed by atoms with Gasteiger partial charge in [-0.3, -0.25) is 4.79 Å². The Morgan fingerprint density at radius 1 is 1.26 bits per heavy atom. The summed E-state index contributed by atoms with van der Waals surface area (Å²) in [6.45, 7) is 4.54. The van der Waals surface area contributed by atoms with Crippen molar-refractivity contribution in [1.29, 1.82) is 0 Å². The first-order chi connectivity index (χ1) is 9.06. The molecular weight excluding hydrogens is 252 g/mol. The molecule has 2 aliphatic rings. The monoisotopic (exact) mass is 272 g/mol. The second-order valence-corrected chi connectivity index (χ2v) is 7.27. The molecule has 0 amide bonds. The fraction of sp³-hybridized carbons (Fsp3) is 0.471. The zero-order valence-corrected chi connectivity index (χ0v) is 12.4. The third kappa shape index (κ3) is 1.88. The van der Waals surface area contributed by atoms with Crippen LogP contribution >= 0.6 is 11.8 Å². The van der Waals surface area contributed by atoms with Gasteiger partial charge in [0.25, 0.3) is 0 Å². The molecule has 2 fully saturated rings. The second kappa shape index (κ2) is 4.52. The van der Waals surface area contributed by atoms with Gasteiger partial charge >= 0.3 is 0 Å². The van der Waals surface area contributed by atoms with Crippen LogP contribution in [0.5, 0.6) is 0 Å². The molecule has 2 bridgehead atoms. The molecule has 2 unspecified atom stereocenters. The van der Waals surface area contributed by atoms with Crippen molar-refractivity contribution in [3.05, 3.63) is 41.8 Å². The number of hydrogen-bond donors (Lipinski definition) is 0. The van der Waals surface area contributed by atoms with Crippen molar-refractivity contribution in [2.45, 2.75) is 38.0 Å². The molecule has 1 nitrogen and oxygen atoms in total. The smallest absolute Gasteiger partial charge is 0.143 e. The van der Waals surface area contributed by atoms with Gasteiger partial charge in [0, 0.05) is 11.3 Å². The number of fused-ring (bicyclic) bond motifs is 2. The van der Waals surface area contributed by atoms with Crippen LogP contribution in [0.3, 0.4) is 0 Å². The Morgan fingerprint density at radius 2 is 2.00 bits per heavy atom. The lowest BCUT2D eigenvalue weighted by Gasteiger charge is -2.33. The first kappa shape index (κ1) is 13.0. The number of hydrogen-bond acceptors (Lipinski definition) is 2.